The lowest BCUT2D eigenvalue weighted by molar-refractivity contribution is 0.368. The largest absolute Gasteiger partial charge is 0.344 e. The van der Waals surface area contributed by atoms with Crippen molar-refractivity contribution in [1.29, 1.82) is 0 Å². The van der Waals surface area contributed by atoms with Crippen molar-refractivity contribution in [2.75, 3.05) is 0 Å². The van der Waals surface area contributed by atoms with Crippen molar-refractivity contribution >= 4 is 24.7 Å². The average molecular weight is 212 g/mol. The van der Waals surface area contributed by atoms with E-state index in [4.69, 9.17) is 34.3 Å². The molecule has 0 bridgehead atoms. The Morgan fingerprint density at radius 2 is 0.600 bits per heavy atom. The van der Waals surface area contributed by atoms with Gasteiger partial charge in [-0.2, -0.15) is 0 Å². The Hall–Kier alpha value is 1.01. The van der Waals surface area contributed by atoms with Gasteiger partial charge < -0.3 is 34.3 Å². The maximum Gasteiger partial charge on any atom is 0.324 e. The molecule has 0 unspecified atom stereocenters. The van der Waals surface area contributed by atoms with Crippen molar-refractivity contribution in [2.45, 2.75) is 0 Å². The van der Waals surface area contributed by atoms with Crippen LogP contribution in [-0.2, 0) is 0 Å². The zero-order valence-electron chi connectivity index (χ0n) is 4.47. The minimum absolute atomic E-state index is 2.48. The standard InChI is InChI=1S/H4O4P2.H3O3P/c1-5(2)6(3)4;1-4(2)3/h1-4H;1-3H. The normalized spacial score (nSPS) is 10.2. The molecule has 0 fully saturated rings. The molecule has 0 aliphatic heterocycles. The van der Waals surface area contributed by atoms with E-state index in [9.17, 15) is 0 Å². The smallest absolute Gasteiger partial charge is 0.324 e. The van der Waals surface area contributed by atoms with Crippen molar-refractivity contribution < 1.29 is 34.3 Å². The van der Waals surface area contributed by atoms with Crippen molar-refractivity contribution in [3.8, 4) is 0 Å². The zero-order valence-corrected chi connectivity index (χ0v) is 7.16. The molecule has 0 aliphatic rings. The zero-order chi connectivity index (χ0) is 8.73. The highest BCUT2D eigenvalue weighted by molar-refractivity contribution is 8.19. The molecule has 0 heterocycles. The summed E-state index contributed by atoms with van der Waals surface area (Å²) in [4.78, 5) is 52.8. The second-order valence-electron chi connectivity index (χ2n) is 0.805. The lowest BCUT2D eigenvalue weighted by Gasteiger charge is -1.97. The van der Waals surface area contributed by atoms with Gasteiger partial charge in [-0.05, 0) is 0 Å². The number of rotatable bonds is 1. The van der Waals surface area contributed by atoms with E-state index >= 15 is 0 Å². The van der Waals surface area contributed by atoms with E-state index in [1.807, 2.05) is 0 Å². The second kappa shape index (κ2) is 8.11. The molecule has 10 heavy (non-hydrogen) atoms. The minimum Gasteiger partial charge on any atom is -0.344 e. The molecular formula is H7O7P3. The first kappa shape index (κ1) is 13.6. The van der Waals surface area contributed by atoms with Gasteiger partial charge in [0, 0.05) is 0 Å². The van der Waals surface area contributed by atoms with E-state index in [0.29, 0.717) is 0 Å². The predicted octanol–water partition coefficient (Wildman–Crippen LogP) is -1.32. The van der Waals surface area contributed by atoms with E-state index in [2.05, 4.69) is 0 Å². The molecule has 0 amide bonds. The maximum atomic E-state index is 7.78. The summed E-state index contributed by atoms with van der Waals surface area (Å²) in [5.74, 6) is 0. The highest BCUT2D eigenvalue weighted by Gasteiger charge is 2.08. The Labute approximate surface area is 59.9 Å². The molecule has 0 rings (SSSR count). The van der Waals surface area contributed by atoms with E-state index in [-0.39, 0.29) is 0 Å². The third-order valence-corrected chi connectivity index (χ3v) is 1.44. The molecule has 7 N–H and O–H groups in total. The Kier molecular flexibility index (Phi) is 11.0. The summed E-state index contributed by atoms with van der Waals surface area (Å²) in [6.45, 7) is 0. The molecule has 0 aliphatic carbocycles. The Bertz CT molecular complexity index is 51.1. The second-order valence-corrected chi connectivity index (χ2v) is 4.56. The Morgan fingerprint density at radius 3 is 0.600 bits per heavy atom. The van der Waals surface area contributed by atoms with Gasteiger partial charge in [-0.15, -0.1) is 0 Å². The van der Waals surface area contributed by atoms with Crippen LogP contribution in [-0.4, -0.2) is 34.3 Å². The first-order valence-corrected chi connectivity index (χ1v) is 6.00. The highest BCUT2D eigenvalue weighted by Crippen LogP contribution is 2.56. The van der Waals surface area contributed by atoms with Gasteiger partial charge in [0.2, 0.25) is 0 Å². The van der Waals surface area contributed by atoms with Crippen LogP contribution in [0.25, 0.3) is 0 Å². The maximum absolute atomic E-state index is 7.78. The third kappa shape index (κ3) is 23.0. The van der Waals surface area contributed by atoms with Crippen molar-refractivity contribution in [3.05, 3.63) is 0 Å². The molecule has 0 aromatic rings. The van der Waals surface area contributed by atoms with Crippen LogP contribution < -0.4 is 0 Å². The fourth-order valence-corrected chi connectivity index (χ4v) is 0. The summed E-state index contributed by atoms with van der Waals surface area (Å²) < 4.78 is 0. The summed E-state index contributed by atoms with van der Waals surface area (Å²) in [7, 11) is -7.59. The third-order valence-electron chi connectivity index (χ3n) is 0.160. The van der Waals surface area contributed by atoms with Crippen LogP contribution in [0.3, 0.4) is 0 Å². The molecule has 0 aromatic heterocycles. The van der Waals surface area contributed by atoms with Gasteiger partial charge >= 0.3 is 8.60 Å². The molecule has 0 aromatic carbocycles. The van der Waals surface area contributed by atoms with Crippen LogP contribution >= 0.6 is 24.7 Å². The van der Waals surface area contributed by atoms with Crippen LogP contribution in [0.15, 0.2) is 0 Å². The SMILES string of the molecule is OP(O)O.OP(O)P(O)O. The van der Waals surface area contributed by atoms with Crippen LogP contribution in [0, 0.1) is 0 Å². The molecule has 0 radical (unpaired) electrons. The fraction of sp³-hybridized carbons (Fsp3) is 0. The average Bonchev–Trinajstić information content (AvgIpc) is 1.63. The van der Waals surface area contributed by atoms with E-state index in [1.165, 1.54) is 0 Å². The first-order chi connectivity index (χ1) is 4.37. The van der Waals surface area contributed by atoms with Gasteiger partial charge in [0.15, 0.2) is 0 Å². The topological polar surface area (TPSA) is 142 Å². The first-order valence-electron chi connectivity index (χ1n) is 1.60. The fourth-order valence-electron chi connectivity index (χ4n) is 0. The van der Waals surface area contributed by atoms with Crippen molar-refractivity contribution in [3.63, 3.8) is 0 Å². The molecule has 0 saturated heterocycles. The molecule has 0 spiro atoms. The number of hydrogen-bond donors (Lipinski definition) is 7. The summed E-state index contributed by atoms with van der Waals surface area (Å²) in [5.41, 5.74) is 0. The van der Waals surface area contributed by atoms with Crippen LogP contribution in [0.5, 0.6) is 0 Å². The van der Waals surface area contributed by atoms with E-state index in [0.717, 1.165) is 0 Å². The summed E-state index contributed by atoms with van der Waals surface area (Å²) >= 11 is 0. The van der Waals surface area contributed by atoms with Crippen LogP contribution in [0.2, 0.25) is 0 Å². The predicted molar refractivity (Wildman–Crippen MR) is 36.3 cm³/mol. The molecule has 10 heteroatoms. The van der Waals surface area contributed by atoms with Crippen molar-refractivity contribution in [2.24, 2.45) is 0 Å². The molecule has 64 valence electrons. The quantitative estimate of drug-likeness (QED) is 0.267. The lowest BCUT2D eigenvalue weighted by atomic mass is 15.8. The monoisotopic (exact) mass is 212 g/mol. The van der Waals surface area contributed by atoms with Crippen molar-refractivity contribution in [1.82, 2.24) is 0 Å². The van der Waals surface area contributed by atoms with Gasteiger partial charge in [-0.25, -0.2) is 0 Å². The van der Waals surface area contributed by atoms with E-state index < -0.39 is 24.7 Å². The Morgan fingerprint density at radius 1 is 0.500 bits per heavy atom. The van der Waals surface area contributed by atoms with Gasteiger partial charge in [0.25, 0.3) is 16.1 Å². The highest BCUT2D eigenvalue weighted by atomic mass is 32.1. The summed E-state index contributed by atoms with van der Waals surface area (Å²) in [5, 5.41) is 0. The van der Waals surface area contributed by atoms with E-state index in [1.54, 1.807) is 0 Å². The minimum atomic E-state index is -2.62. The summed E-state index contributed by atoms with van der Waals surface area (Å²) in [6, 6.07) is 0. The molecule has 7 nitrogen and oxygen atoms in total. The van der Waals surface area contributed by atoms with Gasteiger partial charge in [0.05, 0.1) is 0 Å². The van der Waals surface area contributed by atoms with Gasteiger partial charge in [0.1, 0.15) is 0 Å². The van der Waals surface area contributed by atoms with Gasteiger partial charge in [-0.1, -0.05) is 0 Å². The summed E-state index contributed by atoms with van der Waals surface area (Å²) in [6.07, 6.45) is 0. The molecular weight excluding hydrogens is 205 g/mol. The molecule has 0 saturated carbocycles. The number of hydrogen-bond acceptors (Lipinski definition) is 7. The van der Waals surface area contributed by atoms with Crippen LogP contribution in [0.4, 0.5) is 0 Å². The lowest BCUT2D eigenvalue weighted by Crippen LogP contribution is -1.63. The molecule has 0 atom stereocenters. The van der Waals surface area contributed by atoms with Gasteiger partial charge in [-0.3, -0.25) is 0 Å². The Balaban J connectivity index is 0. The van der Waals surface area contributed by atoms with Crippen LogP contribution in [0.1, 0.15) is 0 Å².